The van der Waals surface area contributed by atoms with Crippen molar-refractivity contribution in [3.8, 4) is 0 Å². The molecule has 3 N–H and O–H groups in total. The molecule has 1 saturated carbocycles. The molecular formula is C8H13NO2. The van der Waals surface area contributed by atoms with Crippen molar-refractivity contribution in [2.45, 2.75) is 19.4 Å². The Bertz CT molecular complexity index is 200. The highest BCUT2D eigenvalue weighted by molar-refractivity contribution is 5.72. The minimum atomic E-state index is -0.803. The second-order valence-corrected chi connectivity index (χ2v) is 3.17. The van der Waals surface area contributed by atoms with Crippen LogP contribution in [0.25, 0.3) is 0 Å². The van der Waals surface area contributed by atoms with Crippen molar-refractivity contribution in [3.05, 3.63) is 12.2 Å². The summed E-state index contributed by atoms with van der Waals surface area (Å²) in [6.07, 6.45) is 0.539. The van der Waals surface area contributed by atoms with Crippen molar-refractivity contribution in [2.24, 2.45) is 17.6 Å². The maximum absolute atomic E-state index is 10.6. The van der Waals surface area contributed by atoms with Crippen LogP contribution in [0, 0.1) is 11.8 Å². The molecule has 0 bridgehead atoms. The first-order valence-electron chi connectivity index (χ1n) is 3.70. The number of carbonyl (C=O) groups is 1. The van der Waals surface area contributed by atoms with E-state index in [9.17, 15) is 4.79 Å². The monoisotopic (exact) mass is 155 g/mol. The largest absolute Gasteiger partial charge is 0.481 e. The van der Waals surface area contributed by atoms with Crippen molar-refractivity contribution >= 4 is 5.97 Å². The molecule has 3 nitrogen and oxygen atoms in total. The Morgan fingerprint density at radius 1 is 1.82 bits per heavy atom. The third kappa shape index (κ3) is 1.28. The number of hydrogen-bond acceptors (Lipinski definition) is 2. The minimum absolute atomic E-state index is 0.149. The second-order valence-electron chi connectivity index (χ2n) is 3.17. The zero-order valence-corrected chi connectivity index (χ0v) is 6.58. The Morgan fingerprint density at radius 2 is 2.36 bits per heavy atom. The van der Waals surface area contributed by atoms with Gasteiger partial charge in [-0.2, -0.15) is 0 Å². The maximum atomic E-state index is 10.6. The van der Waals surface area contributed by atoms with Crippen molar-refractivity contribution in [3.63, 3.8) is 0 Å². The van der Waals surface area contributed by atoms with Gasteiger partial charge in [0.1, 0.15) is 0 Å². The molecule has 0 aromatic heterocycles. The lowest BCUT2D eigenvalue weighted by molar-refractivity contribution is -0.141. The Labute approximate surface area is 65.9 Å². The summed E-state index contributed by atoms with van der Waals surface area (Å²) >= 11 is 0. The average molecular weight is 155 g/mol. The third-order valence-electron chi connectivity index (χ3n) is 2.49. The predicted molar refractivity (Wildman–Crippen MR) is 42.0 cm³/mol. The summed E-state index contributed by atoms with van der Waals surface area (Å²) in [5.74, 6) is -1.07. The second kappa shape index (κ2) is 2.66. The molecule has 0 amide bonds. The number of nitrogens with two attached hydrogens (primary N) is 1. The van der Waals surface area contributed by atoms with E-state index < -0.39 is 11.9 Å². The molecular weight excluding hydrogens is 142 g/mol. The van der Waals surface area contributed by atoms with Gasteiger partial charge in [-0.05, 0) is 12.3 Å². The van der Waals surface area contributed by atoms with E-state index in [1.807, 2.05) is 6.92 Å². The standard InChI is InChI=1S/C8H13NO2/c1-4-3-6(8(10)11)7(9)5(4)2/h5-7H,1,3,9H2,2H3,(H,10,11). The lowest BCUT2D eigenvalue weighted by Crippen LogP contribution is -2.34. The van der Waals surface area contributed by atoms with E-state index in [4.69, 9.17) is 10.8 Å². The molecule has 0 heterocycles. The van der Waals surface area contributed by atoms with Crippen LogP contribution in [0.15, 0.2) is 12.2 Å². The van der Waals surface area contributed by atoms with E-state index in [1.165, 1.54) is 0 Å². The van der Waals surface area contributed by atoms with Gasteiger partial charge in [-0.25, -0.2) is 0 Å². The molecule has 0 aromatic rings. The summed E-state index contributed by atoms with van der Waals surface area (Å²) in [6, 6.07) is -0.250. The van der Waals surface area contributed by atoms with E-state index in [0.29, 0.717) is 6.42 Å². The number of aliphatic carboxylic acids is 1. The molecule has 0 radical (unpaired) electrons. The van der Waals surface area contributed by atoms with Crippen LogP contribution in [-0.4, -0.2) is 17.1 Å². The van der Waals surface area contributed by atoms with Crippen LogP contribution in [0.1, 0.15) is 13.3 Å². The van der Waals surface area contributed by atoms with Gasteiger partial charge in [0, 0.05) is 6.04 Å². The molecule has 62 valence electrons. The molecule has 1 aliphatic rings. The summed E-state index contributed by atoms with van der Waals surface area (Å²) < 4.78 is 0. The SMILES string of the molecule is C=C1CC(C(=O)O)C(N)C1C. The third-order valence-corrected chi connectivity index (χ3v) is 2.49. The maximum Gasteiger partial charge on any atom is 0.308 e. The van der Waals surface area contributed by atoms with Crippen LogP contribution in [0.4, 0.5) is 0 Å². The topological polar surface area (TPSA) is 63.3 Å². The fourth-order valence-electron chi connectivity index (χ4n) is 1.48. The predicted octanol–water partition coefficient (Wildman–Crippen LogP) is 0.611. The van der Waals surface area contributed by atoms with Gasteiger partial charge in [0.2, 0.25) is 0 Å². The first-order chi connectivity index (χ1) is 5.04. The normalized spacial score (nSPS) is 37.6. The van der Waals surface area contributed by atoms with E-state index >= 15 is 0 Å². The lowest BCUT2D eigenvalue weighted by Gasteiger charge is -2.12. The fourth-order valence-corrected chi connectivity index (χ4v) is 1.48. The van der Waals surface area contributed by atoms with Gasteiger partial charge in [0.05, 0.1) is 5.92 Å². The van der Waals surface area contributed by atoms with Gasteiger partial charge in [-0.15, -0.1) is 0 Å². The number of carboxylic acid groups (broad SMARTS) is 1. The molecule has 0 saturated heterocycles. The molecule has 1 fully saturated rings. The Morgan fingerprint density at radius 3 is 2.55 bits per heavy atom. The molecule has 3 unspecified atom stereocenters. The molecule has 0 aliphatic heterocycles. The quantitative estimate of drug-likeness (QED) is 0.545. The number of carboxylic acids is 1. The first-order valence-corrected chi connectivity index (χ1v) is 3.70. The highest BCUT2D eigenvalue weighted by Crippen LogP contribution is 2.33. The van der Waals surface area contributed by atoms with E-state index in [0.717, 1.165) is 5.57 Å². The first kappa shape index (κ1) is 8.27. The van der Waals surface area contributed by atoms with Crippen LogP contribution in [0.3, 0.4) is 0 Å². The van der Waals surface area contributed by atoms with Gasteiger partial charge < -0.3 is 10.8 Å². The summed E-state index contributed by atoms with van der Waals surface area (Å²) in [6.45, 7) is 5.70. The highest BCUT2D eigenvalue weighted by atomic mass is 16.4. The Kier molecular flexibility index (Phi) is 2.00. The molecule has 1 rings (SSSR count). The van der Waals surface area contributed by atoms with Crippen LogP contribution < -0.4 is 5.73 Å². The average Bonchev–Trinajstić information content (AvgIpc) is 2.17. The summed E-state index contributed by atoms with van der Waals surface area (Å²) in [7, 11) is 0. The zero-order chi connectivity index (χ0) is 8.59. The molecule has 3 heteroatoms. The summed E-state index contributed by atoms with van der Waals surface area (Å²) in [4.78, 5) is 10.6. The van der Waals surface area contributed by atoms with Crippen molar-refractivity contribution in [2.75, 3.05) is 0 Å². The van der Waals surface area contributed by atoms with Crippen molar-refractivity contribution < 1.29 is 9.90 Å². The van der Waals surface area contributed by atoms with Crippen molar-refractivity contribution in [1.82, 2.24) is 0 Å². The Hall–Kier alpha value is -0.830. The molecule has 0 aromatic carbocycles. The van der Waals surface area contributed by atoms with Gasteiger partial charge in [-0.1, -0.05) is 19.1 Å². The van der Waals surface area contributed by atoms with Gasteiger partial charge in [0.25, 0.3) is 0 Å². The van der Waals surface area contributed by atoms with Crippen LogP contribution in [0.5, 0.6) is 0 Å². The zero-order valence-electron chi connectivity index (χ0n) is 6.58. The van der Waals surface area contributed by atoms with E-state index in [-0.39, 0.29) is 12.0 Å². The summed E-state index contributed by atoms with van der Waals surface area (Å²) in [5.41, 5.74) is 6.64. The van der Waals surface area contributed by atoms with Crippen LogP contribution >= 0.6 is 0 Å². The Balaban J connectivity index is 2.74. The molecule has 0 spiro atoms. The lowest BCUT2D eigenvalue weighted by atomic mass is 10.00. The highest BCUT2D eigenvalue weighted by Gasteiger charge is 2.37. The number of hydrogen-bond donors (Lipinski definition) is 2. The fraction of sp³-hybridized carbons (Fsp3) is 0.625. The van der Waals surface area contributed by atoms with Crippen molar-refractivity contribution in [1.29, 1.82) is 0 Å². The molecule has 3 atom stereocenters. The van der Waals surface area contributed by atoms with Crippen LogP contribution in [-0.2, 0) is 4.79 Å². The van der Waals surface area contributed by atoms with E-state index in [1.54, 1.807) is 0 Å². The molecule has 11 heavy (non-hydrogen) atoms. The van der Waals surface area contributed by atoms with E-state index in [2.05, 4.69) is 6.58 Å². The minimum Gasteiger partial charge on any atom is -0.481 e. The van der Waals surface area contributed by atoms with Crippen LogP contribution in [0.2, 0.25) is 0 Å². The van der Waals surface area contributed by atoms with Gasteiger partial charge in [0.15, 0.2) is 0 Å². The summed E-state index contributed by atoms with van der Waals surface area (Å²) in [5, 5.41) is 8.70. The number of rotatable bonds is 1. The molecule has 1 aliphatic carbocycles. The smallest absolute Gasteiger partial charge is 0.308 e. The van der Waals surface area contributed by atoms with Gasteiger partial charge in [-0.3, -0.25) is 4.79 Å². The van der Waals surface area contributed by atoms with Gasteiger partial charge >= 0.3 is 5.97 Å².